The van der Waals surface area contributed by atoms with Crippen LogP contribution in [-0.2, 0) is 5.16 Å². The fraction of sp³-hybridized carbons (Fsp3) is 0.0526. The molecule has 3 aromatic carbocycles. The molecule has 0 N–H and O–H groups in total. The third kappa shape index (κ3) is 2.86. The Labute approximate surface area is 146 Å². The van der Waals surface area contributed by atoms with E-state index in [1.54, 1.807) is 0 Å². The Bertz CT molecular complexity index is 687. The molecule has 3 aromatic rings. The van der Waals surface area contributed by atoms with Gasteiger partial charge in [-0.15, -0.1) is 0 Å². The van der Waals surface area contributed by atoms with Gasteiger partial charge in [0.2, 0.25) is 0 Å². The summed E-state index contributed by atoms with van der Waals surface area (Å²) in [6.45, 7) is 0. The average Bonchev–Trinajstić information content (AvgIpc) is 2.59. The zero-order valence-electron chi connectivity index (χ0n) is 11.8. The van der Waals surface area contributed by atoms with E-state index in [9.17, 15) is 0 Å². The van der Waals surface area contributed by atoms with Crippen LogP contribution in [0.3, 0.4) is 0 Å². The third-order valence-corrected chi connectivity index (χ3v) is 7.02. The first-order valence-corrected chi connectivity index (χ1v) is 10.7. The second kappa shape index (κ2) is 6.96. The Hall–Kier alpha value is -1.14. The van der Waals surface area contributed by atoms with Crippen molar-refractivity contribution in [3.05, 3.63) is 107 Å². The van der Waals surface area contributed by atoms with Crippen LogP contribution in [0.5, 0.6) is 0 Å². The fourth-order valence-corrected chi connectivity index (χ4v) is 5.75. The summed E-state index contributed by atoms with van der Waals surface area (Å²) in [6, 6.07) is 29.4. The molecule has 0 aliphatic heterocycles. The summed E-state index contributed by atoms with van der Waals surface area (Å²) in [6.07, 6.45) is 0. The van der Waals surface area contributed by atoms with Crippen molar-refractivity contribution in [2.75, 3.05) is 0 Å². The highest BCUT2D eigenvalue weighted by Gasteiger charge is 2.35. The van der Waals surface area contributed by atoms with Crippen LogP contribution in [0.15, 0.2) is 84.9 Å². The van der Waals surface area contributed by atoms with Crippen molar-refractivity contribution in [2.24, 2.45) is 0 Å². The summed E-state index contributed by atoms with van der Waals surface area (Å²) in [7, 11) is 0.518. The molecule has 0 aliphatic carbocycles. The molecule has 22 heavy (non-hydrogen) atoms. The summed E-state index contributed by atoms with van der Waals surface area (Å²) < 4.78 is 0. The van der Waals surface area contributed by atoms with E-state index >= 15 is 0 Å². The minimum atomic E-state index is -0.201. The maximum absolute atomic E-state index is 6.09. The quantitative estimate of drug-likeness (QED) is 0.347. The smallest absolute Gasteiger partial charge is 0.0722 e. The highest BCUT2D eigenvalue weighted by molar-refractivity contribution is 9.36. The van der Waals surface area contributed by atoms with Gasteiger partial charge >= 0.3 is 0 Å². The zero-order chi connectivity index (χ0) is 15.4. The van der Waals surface area contributed by atoms with Crippen LogP contribution in [0, 0.1) is 0 Å². The van der Waals surface area contributed by atoms with Gasteiger partial charge < -0.3 is 0 Å². The standard InChI is InChI=1S/C19H15BrClP/c20-22-19(15-7-3-1-4-8-15,16-9-5-2-6-10-16)17-11-13-18(21)14-12-17/h1-14,22H. The summed E-state index contributed by atoms with van der Waals surface area (Å²) in [5.41, 5.74) is 3.79. The topological polar surface area (TPSA) is 0 Å². The zero-order valence-corrected chi connectivity index (χ0v) is 15.2. The van der Waals surface area contributed by atoms with Crippen LogP contribution in [-0.4, -0.2) is 0 Å². The van der Waals surface area contributed by atoms with E-state index in [2.05, 4.69) is 88.3 Å². The SMILES string of the molecule is Clc1ccc(C(PBr)(c2ccccc2)c2ccccc2)cc1. The van der Waals surface area contributed by atoms with E-state index in [1.807, 2.05) is 12.1 Å². The molecule has 0 nitrogen and oxygen atoms in total. The molecule has 0 saturated heterocycles. The molecule has 0 saturated carbocycles. The second-order valence-electron chi connectivity index (χ2n) is 5.08. The number of rotatable bonds is 4. The molecular weight excluding hydrogens is 375 g/mol. The van der Waals surface area contributed by atoms with Crippen molar-refractivity contribution in [1.29, 1.82) is 0 Å². The fourth-order valence-electron chi connectivity index (χ4n) is 2.74. The number of hydrogen-bond donors (Lipinski definition) is 0. The third-order valence-electron chi connectivity index (χ3n) is 3.83. The lowest BCUT2D eigenvalue weighted by atomic mass is 9.84. The van der Waals surface area contributed by atoms with Gasteiger partial charge in [-0.05, 0) is 36.1 Å². The minimum Gasteiger partial charge on any atom is -0.0843 e. The van der Waals surface area contributed by atoms with Crippen molar-refractivity contribution < 1.29 is 0 Å². The molecule has 1 atom stereocenters. The molecule has 3 rings (SSSR count). The molecule has 0 fully saturated rings. The second-order valence-corrected chi connectivity index (χ2v) is 7.65. The van der Waals surface area contributed by atoms with Crippen molar-refractivity contribution in [3.8, 4) is 0 Å². The maximum atomic E-state index is 6.09. The van der Waals surface area contributed by atoms with Gasteiger partial charge in [-0.25, -0.2) is 0 Å². The number of halogens is 2. The lowest BCUT2D eigenvalue weighted by Crippen LogP contribution is -2.22. The van der Waals surface area contributed by atoms with Crippen molar-refractivity contribution in [3.63, 3.8) is 0 Å². The van der Waals surface area contributed by atoms with E-state index in [0.29, 0.717) is 7.28 Å². The summed E-state index contributed by atoms with van der Waals surface area (Å²) in [5.74, 6) is 0. The van der Waals surface area contributed by atoms with E-state index in [4.69, 9.17) is 11.6 Å². The summed E-state index contributed by atoms with van der Waals surface area (Å²) in [5, 5.41) is 0.560. The maximum Gasteiger partial charge on any atom is 0.0722 e. The molecule has 0 spiro atoms. The largest absolute Gasteiger partial charge is 0.0843 e. The van der Waals surface area contributed by atoms with Crippen LogP contribution in [0.4, 0.5) is 0 Å². The molecular formula is C19H15BrClP. The van der Waals surface area contributed by atoms with Gasteiger partial charge in [0.25, 0.3) is 0 Å². The average molecular weight is 390 g/mol. The summed E-state index contributed by atoms with van der Waals surface area (Å²) in [4.78, 5) is 0. The first-order valence-electron chi connectivity index (χ1n) is 7.02. The van der Waals surface area contributed by atoms with E-state index < -0.39 is 0 Å². The van der Waals surface area contributed by atoms with Gasteiger partial charge in [-0.3, -0.25) is 0 Å². The molecule has 0 bridgehead atoms. The Morgan fingerprint density at radius 1 is 0.636 bits per heavy atom. The first-order chi connectivity index (χ1) is 10.8. The van der Waals surface area contributed by atoms with Crippen molar-refractivity contribution in [1.82, 2.24) is 0 Å². The molecule has 0 amide bonds. The molecule has 110 valence electrons. The Balaban J connectivity index is 2.28. The van der Waals surface area contributed by atoms with Gasteiger partial charge in [-0.2, -0.15) is 0 Å². The molecule has 3 heteroatoms. The van der Waals surface area contributed by atoms with Crippen LogP contribution < -0.4 is 0 Å². The molecule has 0 radical (unpaired) electrons. The predicted octanol–water partition coefficient (Wildman–Crippen LogP) is 6.62. The Morgan fingerprint density at radius 2 is 1.05 bits per heavy atom. The van der Waals surface area contributed by atoms with Gasteiger partial charge in [-0.1, -0.05) is 99.9 Å². The van der Waals surface area contributed by atoms with Crippen LogP contribution in [0.2, 0.25) is 5.02 Å². The molecule has 1 unspecified atom stereocenters. The monoisotopic (exact) mass is 388 g/mol. The van der Waals surface area contributed by atoms with E-state index in [1.165, 1.54) is 16.7 Å². The molecule has 0 aliphatic rings. The lowest BCUT2D eigenvalue weighted by molar-refractivity contribution is 0.895. The van der Waals surface area contributed by atoms with Crippen LogP contribution in [0.25, 0.3) is 0 Å². The number of hydrogen-bond acceptors (Lipinski definition) is 0. The minimum absolute atomic E-state index is 0.201. The highest BCUT2D eigenvalue weighted by Crippen LogP contribution is 2.55. The van der Waals surface area contributed by atoms with Crippen molar-refractivity contribution in [2.45, 2.75) is 5.16 Å². The van der Waals surface area contributed by atoms with Crippen LogP contribution in [0.1, 0.15) is 16.7 Å². The van der Waals surface area contributed by atoms with E-state index in [-0.39, 0.29) is 5.16 Å². The predicted molar refractivity (Wildman–Crippen MR) is 101 cm³/mol. The van der Waals surface area contributed by atoms with Crippen molar-refractivity contribution >= 4 is 34.4 Å². The molecule has 0 aromatic heterocycles. The van der Waals surface area contributed by atoms with Gasteiger partial charge in [0.1, 0.15) is 0 Å². The van der Waals surface area contributed by atoms with Gasteiger partial charge in [0, 0.05) is 5.02 Å². The first kappa shape index (κ1) is 15.7. The van der Waals surface area contributed by atoms with Gasteiger partial charge in [0.05, 0.1) is 5.16 Å². The van der Waals surface area contributed by atoms with E-state index in [0.717, 1.165) is 5.02 Å². The summed E-state index contributed by atoms with van der Waals surface area (Å²) >= 11 is 9.88. The Morgan fingerprint density at radius 3 is 1.45 bits per heavy atom. The number of benzene rings is 3. The Kier molecular flexibility index (Phi) is 4.98. The molecule has 0 heterocycles. The normalized spacial score (nSPS) is 11.9. The van der Waals surface area contributed by atoms with Gasteiger partial charge in [0.15, 0.2) is 0 Å². The van der Waals surface area contributed by atoms with Crippen LogP contribution >= 0.6 is 34.4 Å². The lowest BCUT2D eigenvalue weighted by Gasteiger charge is -2.34. The highest BCUT2D eigenvalue weighted by atomic mass is 79.9.